The van der Waals surface area contributed by atoms with Gasteiger partial charge in [-0.15, -0.1) is 10.2 Å². The van der Waals surface area contributed by atoms with E-state index >= 15 is 0 Å². The zero-order chi connectivity index (χ0) is 10.4. The number of aryl methyl sites for hydroxylation is 1. The Labute approximate surface area is 94.8 Å². The van der Waals surface area contributed by atoms with Gasteiger partial charge in [0.2, 0.25) is 5.28 Å². The molecule has 4 rings (SSSR count). The van der Waals surface area contributed by atoms with Gasteiger partial charge in [-0.3, -0.25) is 4.57 Å². The molecule has 4 heteroatoms. The van der Waals surface area contributed by atoms with Crippen molar-refractivity contribution < 1.29 is 0 Å². The molecule has 0 N–H and O–H groups in total. The number of hydrogen-bond donors (Lipinski definition) is 0. The van der Waals surface area contributed by atoms with E-state index in [0.717, 1.165) is 17.7 Å². The van der Waals surface area contributed by atoms with Crippen LogP contribution in [0.4, 0.5) is 0 Å². The van der Waals surface area contributed by atoms with Crippen molar-refractivity contribution in [2.75, 3.05) is 0 Å². The molecule has 15 heavy (non-hydrogen) atoms. The van der Waals surface area contributed by atoms with Gasteiger partial charge in [0.05, 0.1) is 0 Å². The van der Waals surface area contributed by atoms with Crippen molar-refractivity contribution in [1.29, 1.82) is 0 Å². The third kappa shape index (κ3) is 1.48. The predicted molar refractivity (Wildman–Crippen MR) is 58.9 cm³/mol. The zero-order valence-corrected chi connectivity index (χ0v) is 9.74. The monoisotopic (exact) mass is 225 g/mol. The molecule has 0 amide bonds. The van der Waals surface area contributed by atoms with Gasteiger partial charge in [0.15, 0.2) is 0 Å². The minimum Gasteiger partial charge on any atom is -0.299 e. The summed E-state index contributed by atoms with van der Waals surface area (Å²) in [6, 6.07) is 0.569. The lowest BCUT2D eigenvalue weighted by Crippen LogP contribution is -2.33. The fourth-order valence-electron chi connectivity index (χ4n) is 3.38. The van der Waals surface area contributed by atoms with Crippen LogP contribution in [0.2, 0.25) is 5.28 Å². The summed E-state index contributed by atoms with van der Waals surface area (Å²) in [5, 5.41) is 8.58. The van der Waals surface area contributed by atoms with Gasteiger partial charge < -0.3 is 0 Å². The molecule has 1 aromatic heterocycles. The molecule has 0 spiro atoms. The van der Waals surface area contributed by atoms with Crippen LogP contribution < -0.4 is 0 Å². The van der Waals surface area contributed by atoms with Crippen molar-refractivity contribution in [2.24, 2.45) is 11.8 Å². The van der Waals surface area contributed by atoms with Crippen LogP contribution in [0.5, 0.6) is 0 Å². The predicted octanol–water partition coefficient (Wildman–Crippen LogP) is 2.99. The standard InChI is InChI=1S/C11H16ClN3/c1-7-13-14-11(12)15(7)10-6-8-2-4-9(10)5-3-8/h8-10H,2-6H2,1H3. The van der Waals surface area contributed by atoms with Crippen LogP contribution in [-0.4, -0.2) is 14.8 Å². The highest BCUT2D eigenvalue weighted by Gasteiger charge is 2.37. The molecule has 2 bridgehead atoms. The third-order valence-corrected chi connectivity index (χ3v) is 4.42. The Kier molecular flexibility index (Phi) is 2.23. The summed E-state index contributed by atoms with van der Waals surface area (Å²) in [6.07, 6.45) is 6.84. The molecule has 1 heterocycles. The highest BCUT2D eigenvalue weighted by molar-refractivity contribution is 6.28. The molecule has 3 aliphatic carbocycles. The molecule has 1 atom stereocenters. The summed E-state index contributed by atoms with van der Waals surface area (Å²) in [4.78, 5) is 0. The first-order chi connectivity index (χ1) is 7.25. The molecular weight excluding hydrogens is 210 g/mol. The molecule has 1 unspecified atom stereocenters. The number of fused-ring (bicyclic) bond motifs is 3. The normalized spacial score (nSPS) is 34.7. The molecule has 3 saturated carbocycles. The van der Waals surface area contributed by atoms with E-state index in [1.54, 1.807) is 0 Å². The van der Waals surface area contributed by atoms with Crippen LogP contribution in [0.25, 0.3) is 0 Å². The summed E-state index contributed by atoms with van der Waals surface area (Å²) < 4.78 is 2.15. The second-order valence-corrected chi connectivity index (χ2v) is 5.31. The molecule has 1 aromatic rings. The Balaban J connectivity index is 1.94. The van der Waals surface area contributed by atoms with Crippen molar-refractivity contribution in [3.63, 3.8) is 0 Å². The Morgan fingerprint density at radius 1 is 1.20 bits per heavy atom. The smallest absolute Gasteiger partial charge is 0.225 e. The highest BCUT2D eigenvalue weighted by atomic mass is 35.5. The molecule has 82 valence electrons. The summed E-state index contributed by atoms with van der Waals surface area (Å²) in [5.74, 6) is 2.69. The van der Waals surface area contributed by atoms with Crippen LogP contribution in [0.3, 0.4) is 0 Å². The van der Waals surface area contributed by atoms with Gasteiger partial charge in [-0.25, -0.2) is 0 Å². The number of aromatic nitrogens is 3. The van der Waals surface area contributed by atoms with Gasteiger partial charge in [-0.1, -0.05) is 12.8 Å². The van der Waals surface area contributed by atoms with E-state index in [-0.39, 0.29) is 0 Å². The van der Waals surface area contributed by atoms with E-state index in [0.29, 0.717) is 11.3 Å². The topological polar surface area (TPSA) is 30.7 Å². The minimum atomic E-state index is 0.569. The maximum Gasteiger partial charge on any atom is 0.225 e. The van der Waals surface area contributed by atoms with Gasteiger partial charge in [0.1, 0.15) is 5.82 Å². The number of nitrogens with zero attached hydrogens (tertiary/aromatic N) is 3. The average Bonchev–Trinajstić information content (AvgIpc) is 2.60. The molecular formula is C11H16ClN3. The van der Waals surface area contributed by atoms with Gasteiger partial charge in [0, 0.05) is 6.04 Å². The summed E-state index contributed by atoms with van der Waals surface area (Å²) in [6.45, 7) is 2.00. The van der Waals surface area contributed by atoms with E-state index in [9.17, 15) is 0 Å². The molecule has 3 nitrogen and oxygen atoms in total. The number of halogens is 1. The van der Waals surface area contributed by atoms with E-state index < -0.39 is 0 Å². The van der Waals surface area contributed by atoms with Crippen LogP contribution in [0.15, 0.2) is 0 Å². The molecule has 0 radical (unpaired) electrons. The summed E-state index contributed by atoms with van der Waals surface area (Å²) >= 11 is 6.10. The van der Waals surface area contributed by atoms with Crippen LogP contribution >= 0.6 is 11.6 Å². The Morgan fingerprint density at radius 3 is 2.40 bits per heavy atom. The zero-order valence-electron chi connectivity index (χ0n) is 8.99. The summed E-state index contributed by atoms with van der Waals surface area (Å²) in [7, 11) is 0. The van der Waals surface area contributed by atoms with E-state index in [2.05, 4.69) is 14.8 Å². The minimum absolute atomic E-state index is 0.569. The maximum absolute atomic E-state index is 6.10. The second-order valence-electron chi connectivity index (χ2n) is 4.97. The Morgan fingerprint density at radius 2 is 1.93 bits per heavy atom. The van der Waals surface area contributed by atoms with Crippen molar-refractivity contribution in [3.05, 3.63) is 11.1 Å². The van der Waals surface area contributed by atoms with Crippen molar-refractivity contribution in [2.45, 2.75) is 45.1 Å². The maximum atomic E-state index is 6.10. The fraction of sp³-hybridized carbons (Fsp3) is 0.818. The highest BCUT2D eigenvalue weighted by Crippen LogP contribution is 2.48. The van der Waals surface area contributed by atoms with Crippen molar-refractivity contribution >= 4 is 11.6 Å². The molecule has 0 saturated heterocycles. The molecule has 0 aliphatic heterocycles. The average molecular weight is 226 g/mol. The van der Waals surface area contributed by atoms with Crippen molar-refractivity contribution in [1.82, 2.24) is 14.8 Å². The Bertz CT molecular complexity index is 346. The van der Waals surface area contributed by atoms with E-state index in [4.69, 9.17) is 11.6 Å². The first-order valence-corrected chi connectivity index (χ1v) is 6.20. The van der Waals surface area contributed by atoms with Crippen LogP contribution in [-0.2, 0) is 0 Å². The largest absolute Gasteiger partial charge is 0.299 e. The molecule has 3 aliphatic rings. The fourth-order valence-corrected chi connectivity index (χ4v) is 3.66. The first kappa shape index (κ1) is 9.64. The van der Waals surface area contributed by atoms with Gasteiger partial charge in [-0.05, 0) is 49.6 Å². The van der Waals surface area contributed by atoms with E-state index in [1.807, 2.05) is 6.92 Å². The lowest BCUT2D eigenvalue weighted by molar-refractivity contribution is 0.104. The van der Waals surface area contributed by atoms with Gasteiger partial charge in [0.25, 0.3) is 0 Å². The van der Waals surface area contributed by atoms with E-state index in [1.165, 1.54) is 32.1 Å². The molecule has 0 aromatic carbocycles. The SMILES string of the molecule is Cc1nnc(Cl)n1C1CC2CCC1CC2. The summed E-state index contributed by atoms with van der Waals surface area (Å²) in [5.41, 5.74) is 0. The van der Waals surface area contributed by atoms with Gasteiger partial charge in [-0.2, -0.15) is 0 Å². The Hall–Kier alpha value is -0.570. The number of hydrogen-bond acceptors (Lipinski definition) is 2. The second kappa shape index (κ2) is 3.48. The third-order valence-electron chi connectivity index (χ3n) is 4.17. The lowest BCUT2D eigenvalue weighted by atomic mass is 9.68. The first-order valence-electron chi connectivity index (χ1n) is 5.82. The quantitative estimate of drug-likeness (QED) is 0.736. The van der Waals surface area contributed by atoms with Crippen molar-refractivity contribution in [3.8, 4) is 0 Å². The molecule has 3 fully saturated rings. The van der Waals surface area contributed by atoms with Gasteiger partial charge >= 0.3 is 0 Å². The van der Waals surface area contributed by atoms with Crippen LogP contribution in [0.1, 0.15) is 44.0 Å². The van der Waals surface area contributed by atoms with Crippen LogP contribution in [0, 0.1) is 18.8 Å². The lowest BCUT2D eigenvalue weighted by Gasteiger charge is -2.43. The number of rotatable bonds is 1.